The van der Waals surface area contributed by atoms with E-state index in [9.17, 15) is 4.79 Å². The number of hydrogen-bond acceptors (Lipinski definition) is 4. The molecule has 0 atom stereocenters. The van der Waals surface area contributed by atoms with Crippen molar-refractivity contribution in [3.63, 3.8) is 0 Å². The number of nitrogens with one attached hydrogen (secondary N) is 1. The molecular weight excluding hydrogens is 328 g/mol. The number of methoxy groups -OCH3 is 1. The predicted octanol–water partition coefficient (Wildman–Crippen LogP) is 3.34. The molecule has 0 saturated heterocycles. The predicted molar refractivity (Wildman–Crippen MR) is 106 cm³/mol. The van der Waals surface area contributed by atoms with Gasteiger partial charge in [-0.3, -0.25) is 4.79 Å². The Morgan fingerprint density at radius 2 is 1.96 bits per heavy atom. The van der Waals surface area contributed by atoms with Gasteiger partial charge in [-0.05, 0) is 69.5 Å². The quantitative estimate of drug-likeness (QED) is 0.723. The summed E-state index contributed by atoms with van der Waals surface area (Å²) in [6.45, 7) is 3.71. The second-order valence-electron chi connectivity index (χ2n) is 7.36. The lowest BCUT2D eigenvalue weighted by Gasteiger charge is -2.26. The van der Waals surface area contributed by atoms with Gasteiger partial charge in [0.25, 0.3) is 0 Å². The highest BCUT2D eigenvalue weighted by Crippen LogP contribution is 2.28. The van der Waals surface area contributed by atoms with Crippen LogP contribution in [0.2, 0.25) is 0 Å². The maximum absolute atomic E-state index is 12.1. The van der Waals surface area contributed by atoms with E-state index in [1.165, 1.54) is 12.8 Å². The van der Waals surface area contributed by atoms with Crippen LogP contribution in [0.3, 0.4) is 0 Å². The molecule has 26 heavy (non-hydrogen) atoms. The first-order chi connectivity index (χ1) is 12.5. The zero-order valence-corrected chi connectivity index (χ0v) is 16.5. The van der Waals surface area contributed by atoms with E-state index in [0.29, 0.717) is 24.1 Å². The minimum Gasteiger partial charge on any atom is -0.493 e. The van der Waals surface area contributed by atoms with Crippen LogP contribution in [0, 0.1) is 5.92 Å². The number of carbonyl (C=O) groups excluding carboxylic acids is 1. The fourth-order valence-corrected chi connectivity index (χ4v) is 3.07. The molecule has 0 radical (unpaired) electrons. The molecule has 5 heteroatoms. The molecule has 1 aromatic carbocycles. The van der Waals surface area contributed by atoms with Crippen LogP contribution < -0.4 is 14.8 Å². The summed E-state index contributed by atoms with van der Waals surface area (Å²) in [4.78, 5) is 14.2. The summed E-state index contributed by atoms with van der Waals surface area (Å²) in [6.07, 6.45) is 7.95. The number of benzene rings is 1. The Kier molecular flexibility index (Phi) is 7.98. The molecule has 0 aliphatic heterocycles. The summed E-state index contributed by atoms with van der Waals surface area (Å²) in [6, 6.07) is 6.01. The third-order valence-corrected chi connectivity index (χ3v) is 4.77. The van der Waals surface area contributed by atoms with Gasteiger partial charge >= 0.3 is 0 Å². The third-order valence-electron chi connectivity index (χ3n) is 4.77. The monoisotopic (exact) mass is 360 g/mol. The summed E-state index contributed by atoms with van der Waals surface area (Å²) >= 11 is 0. The lowest BCUT2D eigenvalue weighted by atomic mass is 9.87. The summed E-state index contributed by atoms with van der Waals surface area (Å²) in [5.41, 5.74) is 0.911. The first kappa shape index (κ1) is 20.3. The molecule has 0 spiro atoms. The highest BCUT2D eigenvalue weighted by Gasteiger charge is 2.18. The number of ether oxygens (including phenoxy) is 2. The van der Waals surface area contributed by atoms with Gasteiger partial charge in [-0.25, -0.2) is 0 Å². The van der Waals surface area contributed by atoms with Crippen molar-refractivity contribution in [1.82, 2.24) is 10.2 Å². The minimum atomic E-state index is -0.0326. The fourth-order valence-electron chi connectivity index (χ4n) is 3.07. The molecule has 0 unspecified atom stereocenters. The third kappa shape index (κ3) is 6.71. The zero-order valence-electron chi connectivity index (χ0n) is 16.5. The number of likely N-dealkylation sites (N-methyl/N-ethyl adjacent to an activating group) is 1. The zero-order chi connectivity index (χ0) is 18.9. The van der Waals surface area contributed by atoms with Gasteiger partial charge in [0.2, 0.25) is 5.91 Å². The Balaban J connectivity index is 1.89. The van der Waals surface area contributed by atoms with E-state index in [2.05, 4.69) is 17.1 Å². The summed E-state index contributed by atoms with van der Waals surface area (Å²) in [5.74, 6) is 2.14. The van der Waals surface area contributed by atoms with E-state index >= 15 is 0 Å². The Morgan fingerprint density at radius 3 is 2.62 bits per heavy atom. The van der Waals surface area contributed by atoms with Gasteiger partial charge in [0.05, 0.1) is 7.11 Å². The Labute approximate surface area is 157 Å². The van der Waals surface area contributed by atoms with Gasteiger partial charge in [-0.1, -0.05) is 13.0 Å². The topological polar surface area (TPSA) is 50.8 Å². The molecule has 0 heterocycles. The molecule has 0 aromatic heterocycles. The molecule has 144 valence electrons. The van der Waals surface area contributed by atoms with Gasteiger partial charge in [-0.2, -0.15) is 0 Å². The number of hydrogen-bond donors (Lipinski definition) is 1. The molecule has 1 fully saturated rings. The second-order valence-corrected chi connectivity index (χ2v) is 7.36. The number of carbonyl (C=O) groups is 1. The van der Waals surface area contributed by atoms with E-state index in [0.717, 1.165) is 30.9 Å². The first-order valence-electron chi connectivity index (χ1n) is 9.42. The Bertz CT molecular complexity index is 605. The van der Waals surface area contributed by atoms with E-state index in [1.807, 2.05) is 38.4 Å². The van der Waals surface area contributed by atoms with Crippen LogP contribution in [0.15, 0.2) is 24.3 Å². The van der Waals surface area contributed by atoms with E-state index in [4.69, 9.17) is 9.47 Å². The van der Waals surface area contributed by atoms with Crippen LogP contribution in [0.25, 0.3) is 6.08 Å². The SMILES string of the molecule is COc1cc(C=CC(=O)N[C@H]2CC[C@H](C)CC2)ccc1OCCN(C)C. The van der Waals surface area contributed by atoms with Gasteiger partial charge in [0, 0.05) is 18.7 Å². The highest BCUT2D eigenvalue weighted by molar-refractivity contribution is 5.92. The van der Waals surface area contributed by atoms with E-state index in [1.54, 1.807) is 13.2 Å². The van der Waals surface area contributed by atoms with Crippen molar-refractivity contribution >= 4 is 12.0 Å². The largest absolute Gasteiger partial charge is 0.493 e. The number of amides is 1. The molecule has 1 aliphatic rings. The van der Waals surface area contributed by atoms with Gasteiger partial charge in [0.1, 0.15) is 6.61 Å². The van der Waals surface area contributed by atoms with Crippen molar-refractivity contribution < 1.29 is 14.3 Å². The van der Waals surface area contributed by atoms with Crippen molar-refractivity contribution in [3.8, 4) is 11.5 Å². The van der Waals surface area contributed by atoms with Crippen molar-refractivity contribution in [2.75, 3.05) is 34.4 Å². The van der Waals surface area contributed by atoms with Gasteiger partial charge in [-0.15, -0.1) is 0 Å². The molecule has 1 saturated carbocycles. The molecule has 1 aromatic rings. The van der Waals surface area contributed by atoms with E-state index < -0.39 is 0 Å². The van der Waals surface area contributed by atoms with Gasteiger partial charge < -0.3 is 19.7 Å². The lowest BCUT2D eigenvalue weighted by Crippen LogP contribution is -2.36. The Morgan fingerprint density at radius 1 is 1.23 bits per heavy atom. The smallest absolute Gasteiger partial charge is 0.244 e. The van der Waals surface area contributed by atoms with Crippen molar-refractivity contribution in [2.45, 2.75) is 38.6 Å². The summed E-state index contributed by atoms with van der Waals surface area (Å²) < 4.78 is 11.2. The summed E-state index contributed by atoms with van der Waals surface area (Å²) in [7, 11) is 5.64. The van der Waals surface area contributed by atoms with Crippen LogP contribution in [-0.2, 0) is 4.79 Å². The first-order valence-corrected chi connectivity index (χ1v) is 9.42. The molecule has 1 aliphatic carbocycles. The number of nitrogens with zero attached hydrogens (tertiary/aromatic N) is 1. The molecule has 5 nitrogen and oxygen atoms in total. The second kappa shape index (κ2) is 10.2. The van der Waals surface area contributed by atoms with Crippen molar-refractivity contribution in [2.24, 2.45) is 5.92 Å². The highest BCUT2D eigenvalue weighted by atomic mass is 16.5. The average molecular weight is 360 g/mol. The molecular formula is C21H32N2O3. The number of rotatable bonds is 8. The van der Waals surface area contributed by atoms with Crippen LogP contribution in [0.5, 0.6) is 11.5 Å². The maximum atomic E-state index is 12.1. The van der Waals surface area contributed by atoms with Crippen LogP contribution in [0.4, 0.5) is 0 Å². The van der Waals surface area contributed by atoms with Crippen LogP contribution in [-0.4, -0.2) is 51.2 Å². The maximum Gasteiger partial charge on any atom is 0.244 e. The molecule has 2 rings (SSSR count). The molecule has 1 N–H and O–H groups in total. The van der Waals surface area contributed by atoms with E-state index in [-0.39, 0.29) is 5.91 Å². The van der Waals surface area contributed by atoms with Gasteiger partial charge in [0.15, 0.2) is 11.5 Å². The van der Waals surface area contributed by atoms with Crippen LogP contribution >= 0.6 is 0 Å². The molecule has 1 amide bonds. The lowest BCUT2D eigenvalue weighted by molar-refractivity contribution is -0.117. The summed E-state index contributed by atoms with van der Waals surface area (Å²) in [5, 5.41) is 3.10. The standard InChI is InChI=1S/C21H32N2O3/c1-16-5-9-18(10-6-16)22-21(24)12-8-17-7-11-19(20(15-17)25-4)26-14-13-23(2)3/h7-8,11-12,15-16,18H,5-6,9-10,13-14H2,1-4H3,(H,22,24)/t16-,18-. The average Bonchev–Trinajstić information content (AvgIpc) is 2.62. The normalized spacial score (nSPS) is 20.3. The Hall–Kier alpha value is -2.01. The van der Waals surface area contributed by atoms with Crippen LogP contribution in [0.1, 0.15) is 38.2 Å². The van der Waals surface area contributed by atoms with Crippen molar-refractivity contribution in [3.05, 3.63) is 29.8 Å². The fraction of sp³-hybridized carbons (Fsp3) is 0.571. The van der Waals surface area contributed by atoms with Crippen molar-refractivity contribution in [1.29, 1.82) is 0 Å². The molecule has 0 bridgehead atoms. The minimum absolute atomic E-state index is 0.0326.